The Morgan fingerprint density at radius 2 is 1.42 bits per heavy atom. The summed E-state index contributed by atoms with van der Waals surface area (Å²) in [6, 6.07) is 0.747. The van der Waals surface area contributed by atoms with Gasteiger partial charge >= 0.3 is 14.8 Å². The van der Waals surface area contributed by atoms with Crippen molar-refractivity contribution in [1.82, 2.24) is 4.90 Å². The van der Waals surface area contributed by atoms with Crippen molar-refractivity contribution in [3.63, 3.8) is 0 Å². The third-order valence-corrected chi connectivity index (χ3v) is 7.19. The molecule has 0 fully saturated rings. The molecule has 0 rings (SSSR count). The van der Waals surface area contributed by atoms with Gasteiger partial charge in [0.2, 0.25) is 0 Å². The second-order valence-corrected chi connectivity index (χ2v) is 9.24. The van der Waals surface area contributed by atoms with Crippen LogP contribution in [0.3, 0.4) is 0 Å². The Morgan fingerprint density at radius 3 is 1.96 bits per heavy atom. The molecule has 0 radical (unpaired) electrons. The zero-order chi connectivity index (χ0) is 18.3. The molecule has 0 aliphatic rings. The van der Waals surface area contributed by atoms with Gasteiger partial charge in [0, 0.05) is 33.9 Å². The maximum Gasteiger partial charge on any atom is 0.500 e. The van der Waals surface area contributed by atoms with E-state index >= 15 is 0 Å². The second-order valence-electron chi connectivity index (χ2n) is 6.15. The number of carboxylic acid groups (broad SMARTS) is 1. The Labute approximate surface area is 148 Å². The van der Waals surface area contributed by atoms with Gasteiger partial charge in [-0.3, -0.25) is 4.79 Å². The van der Waals surface area contributed by atoms with E-state index < -0.39 is 14.8 Å². The topological polar surface area (TPSA) is 68.2 Å². The average Bonchev–Trinajstić information content (AvgIpc) is 2.59. The molecule has 0 unspecified atom stereocenters. The van der Waals surface area contributed by atoms with Gasteiger partial charge in [-0.2, -0.15) is 0 Å². The normalized spacial score (nSPS) is 12.0. The monoisotopic (exact) mass is 363 g/mol. The van der Waals surface area contributed by atoms with Crippen LogP contribution >= 0.6 is 0 Å². The van der Waals surface area contributed by atoms with E-state index in [0.29, 0.717) is 6.54 Å². The van der Waals surface area contributed by atoms with Gasteiger partial charge in [0.1, 0.15) is 0 Å². The van der Waals surface area contributed by atoms with E-state index in [9.17, 15) is 4.79 Å². The Morgan fingerprint density at radius 1 is 0.875 bits per heavy atom. The standard InChI is InChI=1S/C17H37NO5Si/c1-5-6-7-8-9-10-13-18(15-12-17(19)20)14-11-16-24(21-2,22-3)23-4/h5-16H2,1-4H3,(H,19,20). The molecule has 0 spiro atoms. The molecule has 0 aromatic rings. The molecule has 144 valence electrons. The molecule has 0 aromatic heterocycles. The smallest absolute Gasteiger partial charge is 0.481 e. The van der Waals surface area contributed by atoms with Gasteiger partial charge in [0.25, 0.3) is 0 Å². The molecule has 6 nitrogen and oxygen atoms in total. The molecule has 0 aliphatic carbocycles. The first-order valence-electron chi connectivity index (χ1n) is 9.13. The van der Waals surface area contributed by atoms with Crippen LogP contribution in [-0.2, 0) is 18.1 Å². The van der Waals surface area contributed by atoms with Crippen LogP contribution in [0, 0.1) is 0 Å². The highest BCUT2D eigenvalue weighted by Gasteiger charge is 2.36. The molecular formula is C17H37NO5Si. The zero-order valence-electron chi connectivity index (χ0n) is 16.0. The Kier molecular flexibility index (Phi) is 14.5. The molecule has 0 amide bonds. The molecule has 0 saturated heterocycles. The molecular weight excluding hydrogens is 326 g/mol. The minimum atomic E-state index is -2.53. The highest BCUT2D eigenvalue weighted by atomic mass is 28.4. The van der Waals surface area contributed by atoms with Crippen LogP contribution in [0.4, 0.5) is 0 Å². The lowest BCUT2D eigenvalue weighted by atomic mass is 10.1. The number of unbranched alkanes of at least 4 members (excludes halogenated alkanes) is 5. The lowest BCUT2D eigenvalue weighted by Crippen LogP contribution is -2.43. The summed E-state index contributed by atoms with van der Waals surface area (Å²) in [5, 5.41) is 8.92. The molecule has 0 bridgehead atoms. The summed E-state index contributed by atoms with van der Waals surface area (Å²) < 4.78 is 16.3. The molecule has 0 saturated carbocycles. The average molecular weight is 364 g/mol. The van der Waals surface area contributed by atoms with E-state index in [1.807, 2.05) is 0 Å². The quantitative estimate of drug-likeness (QED) is 0.316. The molecule has 0 atom stereocenters. The van der Waals surface area contributed by atoms with Gasteiger partial charge in [-0.05, 0) is 25.9 Å². The first-order chi connectivity index (χ1) is 11.5. The summed E-state index contributed by atoms with van der Waals surface area (Å²) in [6.07, 6.45) is 8.56. The fourth-order valence-corrected chi connectivity index (χ4v) is 4.48. The first-order valence-corrected chi connectivity index (χ1v) is 11.1. The van der Waals surface area contributed by atoms with E-state index in [4.69, 9.17) is 18.4 Å². The summed E-state index contributed by atoms with van der Waals surface area (Å²) in [5.74, 6) is -0.739. The van der Waals surface area contributed by atoms with E-state index in [2.05, 4.69) is 11.8 Å². The van der Waals surface area contributed by atoms with E-state index in [0.717, 1.165) is 32.0 Å². The summed E-state index contributed by atoms with van der Waals surface area (Å²) in [6.45, 7) is 4.64. The summed E-state index contributed by atoms with van der Waals surface area (Å²) in [4.78, 5) is 13.1. The number of aliphatic carboxylic acids is 1. The van der Waals surface area contributed by atoms with Crippen LogP contribution < -0.4 is 0 Å². The van der Waals surface area contributed by atoms with Crippen molar-refractivity contribution < 1.29 is 23.2 Å². The Balaban J connectivity index is 4.17. The van der Waals surface area contributed by atoms with Crippen LogP contribution in [0.5, 0.6) is 0 Å². The Hall–Kier alpha value is -0.473. The fourth-order valence-electron chi connectivity index (χ4n) is 2.78. The predicted octanol–water partition coefficient (Wildman–Crippen LogP) is 3.39. The lowest BCUT2D eigenvalue weighted by Gasteiger charge is -2.26. The minimum Gasteiger partial charge on any atom is -0.481 e. The van der Waals surface area contributed by atoms with Crippen LogP contribution in [0.25, 0.3) is 0 Å². The molecule has 0 aliphatic heterocycles. The highest BCUT2D eigenvalue weighted by Crippen LogP contribution is 2.16. The maximum atomic E-state index is 10.8. The van der Waals surface area contributed by atoms with E-state index in [-0.39, 0.29) is 6.42 Å². The second kappa shape index (κ2) is 14.8. The van der Waals surface area contributed by atoms with E-state index in [1.165, 1.54) is 32.1 Å². The molecule has 1 N–H and O–H groups in total. The van der Waals surface area contributed by atoms with Gasteiger partial charge in [-0.25, -0.2) is 0 Å². The van der Waals surface area contributed by atoms with Crippen molar-refractivity contribution in [2.75, 3.05) is 41.0 Å². The van der Waals surface area contributed by atoms with Crippen LogP contribution in [0.1, 0.15) is 58.3 Å². The molecule has 7 heteroatoms. The van der Waals surface area contributed by atoms with Crippen molar-refractivity contribution >= 4 is 14.8 Å². The van der Waals surface area contributed by atoms with Crippen LogP contribution in [0.2, 0.25) is 6.04 Å². The SMILES string of the molecule is CCCCCCCCN(CCC[Si](OC)(OC)OC)CCC(=O)O. The fraction of sp³-hybridized carbons (Fsp3) is 0.941. The Bertz CT molecular complexity index is 305. The van der Waals surface area contributed by atoms with Crippen molar-refractivity contribution in [3.05, 3.63) is 0 Å². The number of nitrogens with zero attached hydrogens (tertiary/aromatic N) is 1. The number of hydrogen-bond acceptors (Lipinski definition) is 5. The first kappa shape index (κ1) is 23.5. The summed E-state index contributed by atoms with van der Waals surface area (Å²) in [7, 11) is 2.34. The third-order valence-electron chi connectivity index (χ3n) is 4.36. The van der Waals surface area contributed by atoms with Crippen molar-refractivity contribution in [3.8, 4) is 0 Å². The largest absolute Gasteiger partial charge is 0.500 e. The van der Waals surface area contributed by atoms with Gasteiger partial charge in [0.05, 0.1) is 6.42 Å². The van der Waals surface area contributed by atoms with Crippen LogP contribution in [-0.4, -0.2) is 65.7 Å². The number of carboxylic acids is 1. The van der Waals surface area contributed by atoms with E-state index in [1.54, 1.807) is 21.3 Å². The zero-order valence-corrected chi connectivity index (χ0v) is 17.0. The van der Waals surface area contributed by atoms with Gasteiger partial charge < -0.3 is 23.3 Å². The number of rotatable bonds is 17. The lowest BCUT2D eigenvalue weighted by molar-refractivity contribution is -0.137. The minimum absolute atomic E-state index is 0.192. The molecule has 0 heterocycles. The van der Waals surface area contributed by atoms with Crippen molar-refractivity contribution in [2.45, 2.75) is 64.3 Å². The van der Waals surface area contributed by atoms with Gasteiger partial charge in [-0.1, -0.05) is 39.0 Å². The molecule has 0 aromatic carbocycles. The van der Waals surface area contributed by atoms with Crippen LogP contribution in [0.15, 0.2) is 0 Å². The molecule has 24 heavy (non-hydrogen) atoms. The predicted molar refractivity (Wildman–Crippen MR) is 98.3 cm³/mol. The number of hydrogen-bond donors (Lipinski definition) is 1. The highest BCUT2D eigenvalue weighted by molar-refractivity contribution is 6.60. The third kappa shape index (κ3) is 11.1. The number of carbonyl (C=O) groups is 1. The maximum absolute atomic E-state index is 10.8. The van der Waals surface area contributed by atoms with Gasteiger partial charge in [-0.15, -0.1) is 0 Å². The summed E-state index contributed by atoms with van der Waals surface area (Å²) >= 11 is 0. The summed E-state index contributed by atoms with van der Waals surface area (Å²) in [5.41, 5.74) is 0. The van der Waals surface area contributed by atoms with Crippen molar-refractivity contribution in [1.29, 1.82) is 0 Å². The van der Waals surface area contributed by atoms with Gasteiger partial charge in [0.15, 0.2) is 0 Å². The van der Waals surface area contributed by atoms with Crippen molar-refractivity contribution in [2.24, 2.45) is 0 Å².